The molecule has 0 aromatic heterocycles. The SMILES string of the molecule is CC(C)(C)OC(=O)CCC[C@@H]1CCC[C@H](O[Si](c2ccccc2)(c2ccccc2)C(C)(C)C)C1. The summed E-state index contributed by atoms with van der Waals surface area (Å²) in [6.45, 7) is 12.8. The molecule has 34 heavy (non-hydrogen) atoms. The summed E-state index contributed by atoms with van der Waals surface area (Å²) in [5, 5.41) is 2.70. The van der Waals surface area contributed by atoms with E-state index < -0.39 is 13.9 Å². The van der Waals surface area contributed by atoms with E-state index in [9.17, 15) is 4.79 Å². The molecule has 2 aromatic rings. The van der Waals surface area contributed by atoms with Crippen molar-refractivity contribution in [2.24, 2.45) is 5.92 Å². The largest absolute Gasteiger partial charge is 0.460 e. The van der Waals surface area contributed by atoms with Crippen molar-refractivity contribution in [3.8, 4) is 0 Å². The van der Waals surface area contributed by atoms with Crippen molar-refractivity contribution in [1.82, 2.24) is 0 Å². The highest BCUT2D eigenvalue weighted by atomic mass is 28.4. The Bertz CT molecular complexity index is 857. The summed E-state index contributed by atoms with van der Waals surface area (Å²) in [4.78, 5) is 12.1. The van der Waals surface area contributed by atoms with Crippen LogP contribution in [0.2, 0.25) is 5.04 Å². The smallest absolute Gasteiger partial charge is 0.306 e. The van der Waals surface area contributed by atoms with Crippen molar-refractivity contribution in [1.29, 1.82) is 0 Å². The van der Waals surface area contributed by atoms with Crippen molar-refractivity contribution < 1.29 is 14.0 Å². The minimum absolute atomic E-state index is 0.000631. The monoisotopic (exact) mass is 480 g/mol. The second kappa shape index (κ2) is 11.2. The lowest BCUT2D eigenvalue weighted by molar-refractivity contribution is -0.155. The van der Waals surface area contributed by atoms with Crippen molar-refractivity contribution in [3.05, 3.63) is 60.7 Å². The van der Waals surface area contributed by atoms with E-state index in [1.165, 1.54) is 23.2 Å². The van der Waals surface area contributed by atoms with Gasteiger partial charge in [-0.3, -0.25) is 4.79 Å². The van der Waals surface area contributed by atoms with Gasteiger partial charge in [0.15, 0.2) is 0 Å². The molecule has 1 aliphatic rings. The molecule has 2 atom stereocenters. The first-order chi connectivity index (χ1) is 16.0. The molecule has 3 nitrogen and oxygen atoms in total. The zero-order valence-electron chi connectivity index (χ0n) is 22.1. The van der Waals surface area contributed by atoms with Crippen LogP contribution in [0.1, 0.15) is 86.5 Å². The third-order valence-corrected chi connectivity index (χ3v) is 12.0. The Hall–Kier alpha value is -1.91. The highest BCUT2D eigenvalue weighted by Gasteiger charge is 2.51. The Labute approximate surface area is 208 Å². The van der Waals surface area contributed by atoms with E-state index >= 15 is 0 Å². The number of benzene rings is 2. The van der Waals surface area contributed by atoms with Gasteiger partial charge < -0.3 is 9.16 Å². The first-order valence-electron chi connectivity index (χ1n) is 13.0. The lowest BCUT2D eigenvalue weighted by Gasteiger charge is -2.46. The Balaban J connectivity index is 1.76. The molecule has 0 bridgehead atoms. The topological polar surface area (TPSA) is 35.5 Å². The molecule has 0 aliphatic heterocycles. The summed E-state index contributed by atoms with van der Waals surface area (Å²) in [6.07, 6.45) is 7.35. The van der Waals surface area contributed by atoms with Gasteiger partial charge in [0.25, 0.3) is 8.32 Å². The van der Waals surface area contributed by atoms with Gasteiger partial charge in [-0.25, -0.2) is 0 Å². The van der Waals surface area contributed by atoms with Crippen LogP contribution in [-0.2, 0) is 14.0 Å². The maximum absolute atomic E-state index is 12.1. The van der Waals surface area contributed by atoms with Crippen molar-refractivity contribution in [3.63, 3.8) is 0 Å². The third kappa shape index (κ3) is 6.82. The predicted octanol–water partition coefficient (Wildman–Crippen LogP) is 6.63. The highest BCUT2D eigenvalue weighted by molar-refractivity contribution is 6.99. The third-order valence-electron chi connectivity index (χ3n) is 6.91. The van der Waals surface area contributed by atoms with Crippen LogP contribution in [0.15, 0.2) is 60.7 Å². The Kier molecular flexibility index (Phi) is 8.80. The van der Waals surface area contributed by atoms with Crippen molar-refractivity contribution >= 4 is 24.7 Å². The van der Waals surface area contributed by atoms with E-state index in [-0.39, 0.29) is 17.1 Å². The Morgan fingerprint density at radius 3 is 1.94 bits per heavy atom. The molecule has 0 N–H and O–H groups in total. The molecule has 0 spiro atoms. The number of carbonyl (C=O) groups is 1. The summed E-state index contributed by atoms with van der Waals surface area (Å²) in [7, 11) is -2.52. The van der Waals surface area contributed by atoms with Gasteiger partial charge in [0.05, 0.1) is 0 Å². The fraction of sp³-hybridized carbons (Fsp3) is 0.567. The number of carbonyl (C=O) groups excluding carboxylic acids is 1. The molecule has 186 valence electrons. The van der Waals surface area contributed by atoms with E-state index in [0.717, 1.165) is 25.7 Å². The summed E-state index contributed by atoms with van der Waals surface area (Å²) in [5.74, 6) is 0.530. The zero-order valence-corrected chi connectivity index (χ0v) is 23.1. The Morgan fingerprint density at radius 2 is 1.44 bits per heavy atom. The van der Waals surface area contributed by atoms with Crippen molar-refractivity contribution in [2.45, 2.75) is 103 Å². The number of rotatable bonds is 8. The highest BCUT2D eigenvalue weighted by Crippen LogP contribution is 2.40. The van der Waals surface area contributed by atoms with Crippen LogP contribution >= 0.6 is 0 Å². The molecule has 1 saturated carbocycles. The van der Waals surface area contributed by atoms with E-state index in [0.29, 0.717) is 12.3 Å². The molecule has 1 aliphatic carbocycles. The number of hydrogen-bond donors (Lipinski definition) is 0. The molecule has 0 saturated heterocycles. The molecule has 4 heteroatoms. The lowest BCUT2D eigenvalue weighted by Crippen LogP contribution is -2.67. The second-order valence-corrected chi connectivity index (χ2v) is 16.2. The second-order valence-electron chi connectivity index (χ2n) is 11.9. The molecule has 2 aromatic carbocycles. The Morgan fingerprint density at radius 1 is 0.882 bits per heavy atom. The van der Waals surface area contributed by atoms with Crippen LogP contribution in [0.5, 0.6) is 0 Å². The summed E-state index contributed by atoms with van der Waals surface area (Å²) in [6, 6.07) is 21.9. The van der Waals surface area contributed by atoms with Crippen LogP contribution in [-0.4, -0.2) is 26.0 Å². The van der Waals surface area contributed by atoms with Gasteiger partial charge in [-0.05, 0) is 67.8 Å². The standard InChI is InChI=1S/C30H44O3Si/c1-29(2,3)32-28(31)22-14-16-24-15-13-17-25(23-24)33-34(30(4,5)6,26-18-9-7-10-19-26)27-20-11-8-12-21-27/h7-12,18-21,24-25H,13-17,22-23H2,1-6H3/t24-,25-/m0/s1. The van der Waals surface area contributed by atoms with Crippen LogP contribution < -0.4 is 10.4 Å². The average Bonchev–Trinajstić information content (AvgIpc) is 2.77. The van der Waals surface area contributed by atoms with Gasteiger partial charge in [0, 0.05) is 12.5 Å². The average molecular weight is 481 g/mol. The van der Waals surface area contributed by atoms with Crippen LogP contribution in [0, 0.1) is 5.92 Å². The van der Waals surface area contributed by atoms with E-state index in [1.54, 1.807) is 0 Å². The van der Waals surface area contributed by atoms with Gasteiger partial charge >= 0.3 is 5.97 Å². The lowest BCUT2D eigenvalue weighted by atomic mass is 9.84. The molecule has 0 amide bonds. The van der Waals surface area contributed by atoms with Crippen LogP contribution in [0.3, 0.4) is 0 Å². The summed E-state index contributed by atoms with van der Waals surface area (Å²) in [5.41, 5.74) is -0.406. The number of esters is 1. The molecule has 0 unspecified atom stereocenters. The maximum Gasteiger partial charge on any atom is 0.306 e. The van der Waals surface area contributed by atoms with Gasteiger partial charge in [0.2, 0.25) is 0 Å². The number of ether oxygens (including phenoxy) is 1. The van der Waals surface area contributed by atoms with Gasteiger partial charge in [-0.2, -0.15) is 0 Å². The van der Waals surface area contributed by atoms with Gasteiger partial charge in [-0.1, -0.05) is 94.3 Å². The quantitative estimate of drug-likeness (QED) is 0.314. The molecule has 1 fully saturated rings. The molecule has 0 heterocycles. The normalized spacial score (nSPS) is 19.6. The first kappa shape index (κ1) is 26.7. The molecular formula is C30H44O3Si. The fourth-order valence-electron chi connectivity index (χ4n) is 5.48. The summed E-state index contributed by atoms with van der Waals surface area (Å²) >= 11 is 0. The van der Waals surface area contributed by atoms with Crippen LogP contribution in [0.4, 0.5) is 0 Å². The zero-order chi connectivity index (χ0) is 24.8. The molecule has 3 rings (SSSR count). The maximum atomic E-state index is 12.1. The predicted molar refractivity (Wildman–Crippen MR) is 144 cm³/mol. The van der Waals surface area contributed by atoms with Gasteiger partial charge in [-0.15, -0.1) is 0 Å². The van der Waals surface area contributed by atoms with Gasteiger partial charge in [0.1, 0.15) is 5.60 Å². The van der Waals surface area contributed by atoms with E-state index in [4.69, 9.17) is 9.16 Å². The van der Waals surface area contributed by atoms with E-state index in [1.807, 2.05) is 20.8 Å². The minimum atomic E-state index is -2.52. The fourth-order valence-corrected chi connectivity index (χ4v) is 10.2. The van der Waals surface area contributed by atoms with Crippen LogP contribution in [0.25, 0.3) is 0 Å². The minimum Gasteiger partial charge on any atom is -0.460 e. The molecule has 0 radical (unpaired) electrons. The van der Waals surface area contributed by atoms with E-state index in [2.05, 4.69) is 81.4 Å². The number of hydrogen-bond acceptors (Lipinski definition) is 3. The first-order valence-corrected chi connectivity index (χ1v) is 14.9. The van der Waals surface area contributed by atoms with Crippen molar-refractivity contribution in [2.75, 3.05) is 0 Å². The molecular weight excluding hydrogens is 436 g/mol. The summed E-state index contributed by atoms with van der Waals surface area (Å²) < 4.78 is 12.9.